The van der Waals surface area contributed by atoms with Gasteiger partial charge in [0.15, 0.2) is 0 Å². The summed E-state index contributed by atoms with van der Waals surface area (Å²) in [5, 5.41) is 3.17. The second-order valence-electron chi connectivity index (χ2n) is 3.77. The van der Waals surface area contributed by atoms with Crippen LogP contribution in [0.2, 0.25) is 5.02 Å². The maximum atomic E-state index is 11.5. The molecule has 1 amide bonds. The standard InChI is InChI=1S/C12H18ClN3O/c1-3-7-16(8-11(17)15-2)12-9(13)5-4-6-10(12)14/h4-6H,3,7-8,14H2,1-2H3,(H,15,17). The van der Waals surface area contributed by atoms with E-state index >= 15 is 0 Å². The highest BCUT2D eigenvalue weighted by Crippen LogP contribution is 2.31. The lowest BCUT2D eigenvalue weighted by molar-refractivity contribution is -0.119. The van der Waals surface area contributed by atoms with Gasteiger partial charge in [0, 0.05) is 13.6 Å². The number of nitrogens with two attached hydrogens (primary N) is 1. The highest BCUT2D eigenvalue weighted by atomic mass is 35.5. The summed E-state index contributed by atoms with van der Waals surface area (Å²) in [6, 6.07) is 5.36. The summed E-state index contributed by atoms with van der Waals surface area (Å²) < 4.78 is 0. The van der Waals surface area contributed by atoms with Gasteiger partial charge in [0.1, 0.15) is 0 Å². The van der Waals surface area contributed by atoms with Crippen LogP contribution in [-0.2, 0) is 4.79 Å². The van der Waals surface area contributed by atoms with Gasteiger partial charge in [-0.3, -0.25) is 4.79 Å². The van der Waals surface area contributed by atoms with Crippen molar-refractivity contribution in [2.45, 2.75) is 13.3 Å². The molecule has 0 aliphatic heterocycles. The minimum atomic E-state index is -0.0576. The van der Waals surface area contributed by atoms with Crippen molar-refractivity contribution >= 4 is 28.9 Å². The van der Waals surface area contributed by atoms with Crippen LogP contribution in [0.25, 0.3) is 0 Å². The first-order valence-electron chi connectivity index (χ1n) is 5.59. The number of para-hydroxylation sites is 1. The molecule has 4 nitrogen and oxygen atoms in total. The Hall–Kier alpha value is -1.42. The number of nitrogen functional groups attached to an aromatic ring is 1. The molecule has 1 aromatic carbocycles. The number of rotatable bonds is 5. The number of hydrogen-bond donors (Lipinski definition) is 2. The number of amides is 1. The summed E-state index contributed by atoms with van der Waals surface area (Å²) in [5.41, 5.74) is 7.24. The van der Waals surface area contributed by atoms with Crippen LogP contribution in [0.15, 0.2) is 18.2 Å². The van der Waals surface area contributed by atoms with E-state index in [1.807, 2.05) is 11.8 Å². The Bertz CT molecular complexity index is 375. The molecule has 17 heavy (non-hydrogen) atoms. The third-order valence-electron chi connectivity index (χ3n) is 2.44. The zero-order chi connectivity index (χ0) is 12.8. The molecular formula is C12H18ClN3O. The number of nitrogens with one attached hydrogen (secondary N) is 1. The van der Waals surface area contributed by atoms with Crippen LogP contribution >= 0.6 is 11.6 Å². The molecule has 5 heteroatoms. The maximum Gasteiger partial charge on any atom is 0.239 e. The van der Waals surface area contributed by atoms with Crippen LogP contribution in [-0.4, -0.2) is 26.0 Å². The van der Waals surface area contributed by atoms with Crippen molar-refractivity contribution < 1.29 is 4.79 Å². The van der Waals surface area contributed by atoms with Crippen LogP contribution < -0.4 is 16.0 Å². The summed E-state index contributed by atoms with van der Waals surface area (Å²) in [4.78, 5) is 13.4. The molecule has 0 aliphatic carbocycles. The second-order valence-corrected chi connectivity index (χ2v) is 4.18. The van der Waals surface area contributed by atoms with Gasteiger partial charge in [0.2, 0.25) is 5.91 Å². The normalized spacial score (nSPS) is 10.1. The number of nitrogens with zero attached hydrogens (tertiary/aromatic N) is 1. The van der Waals surface area contributed by atoms with Crippen molar-refractivity contribution in [1.82, 2.24) is 5.32 Å². The maximum absolute atomic E-state index is 11.5. The van der Waals surface area contributed by atoms with Crippen LogP contribution in [0.1, 0.15) is 13.3 Å². The Labute approximate surface area is 107 Å². The van der Waals surface area contributed by atoms with Crippen molar-refractivity contribution in [2.24, 2.45) is 0 Å². The molecule has 94 valence electrons. The van der Waals surface area contributed by atoms with E-state index in [2.05, 4.69) is 5.32 Å². The Morgan fingerprint density at radius 1 is 1.53 bits per heavy atom. The summed E-state index contributed by atoms with van der Waals surface area (Å²) in [7, 11) is 1.61. The fourth-order valence-electron chi connectivity index (χ4n) is 1.66. The molecule has 0 saturated heterocycles. The summed E-state index contributed by atoms with van der Waals surface area (Å²) in [6.45, 7) is 3.05. The molecule has 0 radical (unpaired) electrons. The average Bonchev–Trinajstić information content (AvgIpc) is 2.28. The number of anilines is 2. The molecule has 0 heterocycles. The smallest absolute Gasteiger partial charge is 0.239 e. The first-order valence-corrected chi connectivity index (χ1v) is 5.97. The molecule has 0 bridgehead atoms. The van der Waals surface area contributed by atoms with E-state index in [4.69, 9.17) is 17.3 Å². The third-order valence-corrected chi connectivity index (χ3v) is 2.75. The number of likely N-dealkylation sites (N-methyl/N-ethyl adjacent to an activating group) is 1. The zero-order valence-corrected chi connectivity index (χ0v) is 10.9. The Kier molecular flexibility index (Phi) is 5.10. The van der Waals surface area contributed by atoms with E-state index in [0.717, 1.165) is 18.7 Å². The first-order chi connectivity index (χ1) is 8.10. The van der Waals surface area contributed by atoms with Gasteiger partial charge in [-0.25, -0.2) is 0 Å². The van der Waals surface area contributed by atoms with Gasteiger partial charge in [0.25, 0.3) is 0 Å². The molecule has 0 spiro atoms. The lowest BCUT2D eigenvalue weighted by Gasteiger charge is -2.25. The molecule has 0 atom stereocenters. The quantitative estimate of drug-likeness (QED) is 0.790. The van der Waals surface area contributed by atoms with Gasteiger partial charge in [0.05, 0.1) is 22.9 Å². The van der Waals surface area contributed by atoms with Crippen LogP contribution in [0.5, 0.6) is 0 Å². The largest absolute Gasteiger partial charge is 0.397 e. The summed E-state index contributed by atoms with van der Waals surface area (Å²) >= 11 is 6.13. The SMILES string of the molecule is CCCN(CC(=O)NC)c1c(N)cccc1Cl. The van der Waals surface area contributed by atoms with Crippen LogP contribution in [0.4, 0.5) is 11.4 Å². The van der Waals surface area contributed by atoms with Gasteiger partial charge >= 0.3 is 0 Å². The van der Waals surface area contributed by atoms with Gasteiger partial charge < -0.3 is 16.0 Å². The van der Waals surface area contributed by atoms with E-state index in [1.54, 1.807) is 25.2 Å². The van der Waals surface area contributed by atoms with Gasteiger partial charge in [-0.15, -0.1) is 0 Å². The topological polar surface area (TPSA) is 58.4 Å². The van der Waals surface area contributed by atoms with Crippen molar-refractivity contribution in [2.75, 3.05) is 30.8 Å². The van der Waals surface area contributed by atoms with E-state index < -0.39 is 0 Å². The number of carbonyl (C=O) groups excluding carboxylic acids is 1. The Balaban J connectivity index is 3.00. The molecule has 0 aliphatic rings. The number of hydrogen-bond acceptors (Lipinski definition) is 3. The molecule has 0 saturated carbocycles. The molecule has 0 aromatic heterocycles. The van der Waals surface area contributed by atoms with E-state index in [-0.39, 0.29) is 12.5 Å². The Morgan fingerprint density at radius 3 is 2.76 bits per heavy atom. The molecule has 1 rings (SSSR count). The molecule has 3 N–H and O–H groups in total. The number of halogens is 1. The van der Waals surface area contributed by atoms with E-state index in [9.17, 15) is 4.79 Å². The van der Waals surface area contributed by atoms with Crippen molar-refractivity contribution in [3.05, 3.63) is 23.2 Å². The number of carbonyl (C=O) groups is 1. The highest BCUT2D eigenvalue weighted by molar-refractivity contribution is 6.34. The second kappa shape index (κ2) is 6.35. The van der Waals surface area contributed by atoms with E-state index in [1.165, 1.54) is 0 Å². The molecular weight excluding hydrogens is 238 g/mol. The molecule has 0 unspecified atom stereocenters. The molecule has 1 aromatic rings. The van der Waals surface area contributed by atoms with Crippen molar-refractivity contribution in [3.63, 3.8) is 0 Å². The molecule has 0 fully saturated rings. The predicted octanol–water partition coefficient (Wildman–Crippen LogP) is 1.88. The van der Waals surface area contributed by atoms with Crippen LogP contribution in [0.3, 0.4) is 0 Å². The first kappa shape index (κ1) is 13.6. The average molecular weight is 256 g/mol. The minimum absolute atomic E-state index is 0.0576. The van der Waals surface area contributed by atoms with E-state index in [0.29, 0.717) is 10.7 Å². The zero-order valence-electron chi connectivity index (χ0n) is 10.2. The van der Waals surface area contributed by atoms with Crippen molar-refractivity contribution in [1.29, 1.82) is 0 Å². The Morgan fingerprint density at radius 2 is 2.24 bits per heavy atom. The van der Waals surface area contributed by atoms with Gasteiger partial charge in [-0.05, 0) is 18.6 Å². The monoisotopic (exact) mass is 255 g/mol. The van der Waals surface area contributed by atoms with Crippen molar-refractivity contribution in [3.8, 4) is 0 Å². The van der Waals surface area contributed by atoms with Gasteiger partial charge in [-0.2, -0.15) is 0 Å². The fourth-order valence-corrected chi connectivity index (χ4v) is 1.96. The fraction of sp³-hybridized carbons (Fsp3) is 0.417. The third kappa shape index (κ3) is 3.53. The lowest BCUT2D eigenvalue weighted by atomic mass is 10.2. The van der Waals surface area contributed by atoms with Crippen LogP contribution in [0, 0.1) is 0 Å². The number of benzene rings is 1. The minimum Gasteiger partial charge on any atom is -0.397 e. The summed E-state index contributed by atoms with van der Waals surface area (Å²) in [6.07, 6.45) is 0.918. The highest BCUT2D eigenvalue weighted by Gasteiger charge is 2.15. The predicted molar refractivity (Wildman–Crippen MR) is 72.4 cm³/mol. The summed E-state index contributed by atoms with van der Waals surface area (Å²) in [5.74, 6) is -0.0576. The lowest BCUT2D eigenvalue weighted by Crippen LogP contribution is -2.36. The van der Waals surface area contributed by atoms with Gasteiger partial charge in [-0.1, -0.05) is 24.6 Å².